The zero-order chi connectivity index (χ0) is 10.1. The maximum atomic E-state index is 11.8. The Morgan fingerprint density at radius 3 is 2.46 bits per heavy atom. The smallest absolute Gasteiger partial charge is 0.242 e. The summed E-state index contributed by atoms with van der Waals surface area (Å²) in [6, 6.07) is 0. The first-order valence-electron chi connectivity index (χ1n) is 4.92. The molecule has 0 unspecified atom stereocenters. The van der Waals surface area contributed by atoms with E-state index in [0.717, 1.165) is 12.5 Å². The normalized spacial score (nSPS) is 17.2. The van der Waals surface area contributed by atoms with Crippen molar-refractivity contribution in [3.8, 4) is 0 Å². The molecule has 1 rings (SSSR count). The van der Waals surface area contributed by atoms with Crippen molar-refractivity contribution in [2.24, 2.45) is 5.92 Å². The van der Waals surface area contributed by atoms with Gasteiger partial charge in [0.2, 0.25) is 5.91 Å². The topological polar surface area (TPSA) is 32.3 Å². The molecule has 0 aromatic rings. The Morgan fingerprint density at radius 1 is 1.54 bits per heavy atom. The van der Waals surface area contributed by atoms with Crippen molar-refractivity contribution in [3.63, 3.8) is 0 Å². The largest absolute Gasteiger partial charge is 0.344 e. The minimum absolute atomic E-state index is 0.182. The van der Waals surface area contributed by atoms with E-state index in [2.05, 4.69) is 5.32 Å². The molecule has 1 amide bonds. The van der Waals surface area contributed by atoms with Gasteiger partial charge >= 0.3 is 0 Å². The minimum Gasteiger partial charge on any atom is -0.344 e. The molecule has 1 aliphatic carbocycles. The fourth-order valence-electron chi connectivity index (χ4n) is 1.35. The lowest BCUT2D eigenvalue weighted by molar-refractivity contribution is -0.135. The SMILES string of the molecule is CNC(C)(C)C(=O)N(C)CC1CC1. The molecule has 1 N–H and O–H groups in total. The molecule has 3 nitrogen and oxygen atoms in total. The number of hydrogen-bond donors (Lipinski definition) is 1. The van der Waals surface area contributed by atoms with Gasteiger partial charge in [-0.1, -0.05) is 0 Å². The summed E-state index contributed by atoms with van der Waals surface area (Å²) in [4.78, 5) is 13.7. The Balaban J connectivity index is 2.44. The Labute approximate surface area is 80.5 Å². The number of hydrogen-bond acceptors (Lipinski definition) is 2. The highest BCUT2D eigenvalue weighted by Gasteiger charge is 2.31. The summed E-state index contributed by atoms with van der Waals surface area (Å²) in [6.45, 7) is 4.75. The zero-order valence-electron chi connectivity index (χ0n) is 9.05. The average molecular weight is 184 g/mol. The van der Waals surface area contributed by atoms with Gasteiger partial charge in [0.1, 0.15) is 0 Å². The van der Waals surface area contributed by atoms with Crippen molar-refractivity contribution < 1.29 is 4.79 Å². The van der Waals surface area contributed by atoms with Gasteiger partial charge in [-0.15, -0.1) is 0 Å². The van der Waals surface area contributed by atoms with Gasteiger partial charge < -0.3 is 10.2 Å². The van der Waals surface area contributed by atoms with E-state index in [1.165, 1.54) is 12.8 Å². The Kier molecular flexibility index (Phi) is 2.96. The van der Waals surface area contributed by atoms with E-state index in [4.69, 9.17) is 0 Å². The van der Waals surface area contributed by atoms with Crippen molar-refractivity contribution in [1.82, 2.24) is 10.2 Å². The molecule has 0 heterocycles. The van der Waals surface area contributed by atoms with Crippen molar-refractivity contribution in [1.29, 1.82) is 0 Å². The number of rotatable bonds is 4. The van der Waals surface area contributed by atoms with Crippen LogP contribution < -0.4 is 5.32 Å². The van der Waals surface area contributed by atoms with E-state index in [1.54, 1.807) is 0 Å². The Hall–Kier alpha value is -0.570. The van der Waals surface area contributed by atoms with Crippen LogP contribution in [0.2, 0.25) is 0 Å². The molecule has 0 spiro atoms. The average Bonchev–Trinajstić information content (AvgIpc) is 2.86. The fraction of sp³-hybridized carbons (Fsp3) is 0.900. The third-order valence-electron chi connectivity index (χ3n) is 2.74. The highest BCUT2D eigenvalue weighted by molar-refractivity contribution is 5.85. The highest BCUT2D eigenvalue weighted by Crippen LogP contribution is 2.29. The fourth-order valence-corrected chi connectivity index (χ4v) is 1.35. The molecule has 1 fully saturated rings. The number of carbonyl (C=O) groups excluding carboxylic acids is 1. The first kappa shape index (κ1) is 10.5. The predicted octanol–water partition coefficient (Wildman–Crippen LogP) is 0.853. The summed E-state index contributed by atoms with van der Waals surface area (Å²) in [7, 11) is 3.71. The standard InChI is InChI=1S/C10H20N2O/c1-10(2,11-3)9(13)12(4)7-8-5-6-8/h8,11H,5-7H2,1-4H3. The Bertz CT molecular complexity index is 197. The number of amides is 1. The highest BCUT2D eigenvalue weighted by atomic mass is 16.2. The van der Waals surface area contributed by atoms with Gasteiger partial charge in [0, 0.05) is 13.6 Å². The van der Waals surface area contributed by atoms with Crippen molar-refractivity contribution >= 4 is 5.91 Å². The van der Waals surface area contributed by atoms with Crippen LogP contribution in [0.3, 0.4) is 0 Å². The summed E-state index contributed by atoms with van der Waals surface area (Å²) in [5.74, 6) is 0.948. The van der Waals surface area contributed by atoms with E-state index < -0.39 is 5.54 Å². The van der Waals surface area contributed by atoms with Crippen LogP contribution in [0.15, 0.2) is 0 Å². The van der Waals surface area contributed by atoms with Crippen LogP contribution in [0.5, 0.6) is 0 Å². The molecular formula is C10H20N2O. The van der Waals surface area contributed by atoms with E-state index >= 15 is 0 Å². The summed E-state index contributed by atoms with van der Waals surface area (Å²) in [6.07, 6.45) is 2.58. The van der Waals surface area contributed by atoms with E-state index in [0.29, 0.717) is 0 Å². The van der Waals surface area contributed by atoms with Crippen LogP contribution in [0.4, 0.5) is 0 Å². The van der Waals surface area contributed by atoms with Gasteiger partial charge in [0.05, 0.1) is 5.54 Å². The lowest BCUT2D eigenvalue weighted by Gasteiger charge is -2.28. The predicted molar refractivity (Wildman–Crippen MR) is 53.5 cm³/mol. The molecule has 0 aromatic carbocycles. The second kappa shape index (κ2) is 3.66. The van der Waals surface area contributed by atoms with Gasteiger partial charge in [0.25, 0.3) is 0 Å². The van der Waals surface area contributed by atoms with Crippen molar-refractivity contribution in [2.45, 2.75) is 32.2 Å². The van der Waals surface area contributed by atoms with E-state index in [1.807, 2.05) is 32.8 Å². The molecule has 0 bridgehead atoms. The summed E-state index contributed by atoms with van der Waals surface area (Å²) in [5.41, 5.74) is -0.427. The summed E-state index contributed by atoms with van der Waals surface area (Å²) < 4.78 is 0. The molecule has 0 atom stereocenters. The molecule has 13 heavy (non-hydrogen) atoms. The molecule has 76 valence electrons. The van der Waals surface area contributed by atoms with Crippen LogP contribution in [-0.2, 0) is 4.79 Å². The van der Waals surface area contributed by atoms with Gasteiger partial charge in [-0.2, -0.15) is 0 Å². The molecule has 0 aromatic heterocycles. The van der Waals surface area contributed by atoms with Crippen molar-refractivity contribution in [2.75, 3.05) is 20.6 Å². The van der Waals surface area contributed by atoms with Crippen molar-refractivity contribution in [3.05, 3.63) is 0 Å². The third-order valence-corrected chi connectivity index (χ3v) is 2.74. The molecule has 0 radical (unpaired) electrons. The lowest BCUT2D eigenvalue weighted by Crippen LogP contribution is -2.52. The molecular weight excluding hydrogens is 164 g/mol. The molecule has 3 heteroatoms. The third kappa shape index (κ3) is 2.69. The first-order valence-corrected chi connectivity index (χ1v) is 4.92. The number of likely N-dealkylation sites (N-methyl/N-ethyl adjacent to an activating group) is 2. The van der Waals surface area contributed by atoms with Crippen LogP contribution in [0, 0.1) is 5.92 Å². The molecule has 1 aliphatic rings. The first-order chi connectivity index (χ1) is 5.97. The van der Waals surface area contributed by atoms with Crippen LogP contribution in [-0.4, -0.2) is 37.0 Å². The van der Waals surface area contributed by atoms with Gasteiger partial charge in [-0.25, -0.2) is 0 Å². The molecule has 0 aliphatic heterocycles. The number of nitrogens with zero attached hydrogens (tertiary/aromatic N) is 1. The molecule has 0 saturated heterocycles. The monoisotopic (exact) mass is 184 g/mol. The Morgan fingerprint density at radius 2 is 2.08 bits per heavy atom. The maximum absolute atomic E-state index is 11.8. The lowest BCUT2D eigenvalue weighted by atomic mass is 10.0. The second-order valence-corrected chi connectivity index (χ2v) is 4.50. The second-order valence-electron chi connectivity index (χ2n) is 4.50. The minimum atomic E-state index is -0.427. The number of nitrogens with one attached hydrogen (secondary N) is 1. The van der Waals surface area contributed by atoms with Gasteiger partial charge in [0.15, 0.2) is 0 Å². The van der Waals surface area contributed by atoms with Gasteiger partial charge in [-0.05, 0) is 39.7 Å². The number of carbonyl (C=O) groups is 1. The van der Waals surface area contributed by atoms with E-state index in [-0.39, 0.29) is 5.91 Å². The molecule has 1 saturated carbocycles. The maximum Gasteiger partial charge on any atom is 0.242 e. The summed E-state index contributed by atoms with van der Waals surface area (Å²) >= 11 is 0. The quantitative estimate of drug-likeness (QED) is 0.702. The van der Waals surface area contributed by atoms with Gasteiger partial charge in [-0.3, -0.25) is 4.79 Å². The summed E-state index contributed by atoms with van der Waals surface area (Å²) in [5, 5.41) is 3.02. The van der Waals surface area contributed by atoms with Crippen LogP contribution in [0.25, 0.3) is 0 Å². The van der Waals surface area contributed by atoms with Crippen LogP contribution >= 0.6 is 0 Å². The van der Waals surface area contributed by atoms with E-state index in [9.17, 15) is 4.79 Å². The zero-order valence-corrected chi connectivity index (χ0v) is 9.05. The van der Waals surface area contributed by atoms with Crippen LogP contribution in [0.1, 0.15) is 26.7 Å².